The van der Waals surface area contributed by atoms with Gasteiger partial charge in [-0.1, -0.05) is 18.2 Å². The maximum absolute atomic E-state index is 12.1. The zero-order chi connectivity index (χ0) is 16.7. The number of thiophene rings is 1. The van der Waals surface area contributed by atoms with Gasteiger partial charge in [-0.25, -0.2) is 4.79 Å². The van der Waals surface area contributed by atoms with Crippen molar-refractivity contribution >= 4 is 23.2 Å². The van der Waals surface area contributed by atoms with Crippen LogP contribution in [0.4, 0.5) is 0 Å². The molecule has 1 heterocycles. The third-order valence-electron chi connectivity index (χ3n) is 2.64. The topological polar surface area (TPSA) is 108 Å². The molecule has 2 rings (SSSR count). The summed E-state index contributed by atoms with van der Waals surface area (Å²) in [4.78, 5) is 38.5. The van der Waals surface area contributed by atoms with Crippen molar-refractivity contribution < 1.29 is 24.3 Å². The van der Waals surface area contributed by atoms with Gasteiger partial charge in [-0.15, -0.1) is 21.5 Å². The lowest BCUT2D eigenvalue weighted by Crippen LogP contribution is -2.28. The number of amides is 1. The number of rotatable bonds is 7. The summed E-state index contributed by atoms with van der Waals surface area (Å²) in [6.07, 6.45) is 0. The summed E-state index contributed by atoms with van der Waals surface area (Å²) in [5.74, 6) is -0.970. The Balaban J connectivity index is 2.00. The van der Waals surface area contributed by atoms with Crippen molar-refractivity contribution in [2.24, 2.45) is 0 Å². The van der Waals surface area contributed by atoms with E-state index in [1.165, 1.54) is 23.5 Å². The van der Waals surface area contributed by atoms with E-state index in [1.807, 2.05) is 0 Å². The van der Waals surface area contributed by atoms with Crippen LogP contribution in [0.5, 0.6) is 5.75 Å². The second-order valence-corrected chi connectivity index (χ2v) is 5.12. The van der Waals surface area contributed by atoms with Gasteiger partial charge in [0.1, 0.15) is 17.2 Å². The average Bonchev–Trinajstić information content (AvgIpc) is 3.06. The van der Waals surface area contributed by atoms with E-state index in [1.54, 1.807) is 29.6 Å². The van der Waals surface area contributed by atoms with Crippen molar-refractivity contribution in [1.82, 2.24) is 5.32 Å². The minimum absolute atomic E-state index is 0.0486. The van der Waals surface area contributed by atoms with E-state index < -0.39 is 17.0 Å². The van der Waals surface area contributed by atoms with Crippen LogP contribution in [-0.2, 0) is 4.84 Å². The summed E-state index contributed by atoms with van der Waals surface area (Å²) in [5.41, 5.74) is 0.151. The molecule has 0 unspecified atom stereocenters. The first-order valence-electron chi connectivity index (χ1n) is 6.48. The number of para-hydroxylation sites is 1. The number of esters is 1. The fourth-order valence-electron chi connectivity index (χ4n) is 1.67. The first kappa shape index (κ1) is 16.4. The van der Waals surface area contributed by atoms with Crippen LogP contribution in [0.15, 0.2) is 41.8 Å². The summed E-state index contributed by atoms with van der Waals surface area (Å²) in [7, 11) is 0. The molecule has 1 N–H and O–H groups in total. The lowest BCUT2D eigenvalue weighted by Gasteiger charge is -2.09. The smallest absolute Gasteiger partial charge is 0.353 e. The van der Waals surface area contributed by atoms with Gasteiger partial charge < -0.3 is 14.9 Å². The lowest BCUT2D eigenvalue weighted by atomic mass is 10.2. The van der Waals surface area contributed by atoms with Gasteiger partial charge in [-0.05, 0) is 23.6 Å². The maximum Gasteiger partial charge on any atom is 0.353 e. The molecule has 0 aliphatic rings. The molecule has 120 valence electrons. The third-order valence-corrected chi connectivity index (χ3v) is 3.49. The summed E-state index contributed by atoms with van der Waals surface area (Å²) in [6.45, 7) is -0.317. The van der Waals surface area contributed by atoms with Crippen molar-refractivity contribution in [2.45, 2.75) is 0 Å². The number of hydrogen-bond donors (Lipinski definition) is 1. The fraction of sp³-hybridized carbons (Fsp3) is 0.143. The molecule has 0 bridgehead atoms. The summed E-state index contributed by atoms with van der Waals surface area (Å²) in [6, 6.07) is 9.56. The summed E-state index contributed by atoms with van der Waals surface area (Å²) >= 11 is 1.23. The van der Waals surface area contributed by atoms with Crippen LogP contribution in [0.2, 0.25) is 0 Å². The van der Waals surface area contributed by atoms with Crippen LogP contribution in [0, 0.1) is 10.1 Å². The summed E-state index contributed by atoms with van der Waals surface area (Å²) in [5, 5.41) is 13.3. The van der Waals surface area contributed by atoms with E-state index in [4.69, 9.17) is 4.74 Å². The van der Waals surface area contributed by atoms with Crippen LogP contribution in [-0.4, -0.2) is 30.1 Å². The Morgan fingerprint density at radius 3 is 2.70 bits per heavy atom. The van der Waals surface area contributed by atoms with Gasteiger partial charge in [0.05, 0.1) is 5.56 Å². The first-order chi connectivity index (χ1) is 11.1. The number of nitrogens with one attached hydrogen (secondary N) is 1. The number of benzene rings is 1. The Kier molecular flexibility index (Phi) is 5.64. The highest BCUT2D eigenvalue weighted by molar-refractivity contribution is 7.12. The Labute approximate surface area is 134 Å². The summed E-state index contributed by atoms with van der Waals surface area (Å²) < 4.78 is 5.23. The van der Waals surface area contributed by atoms with Gasteiger partial charge in [0.15, 0.2) is 0 Å². The van der Waals surface area contributed by atoms with Gasteiger partial charge in [0.2, 0.25) is 0 Å². The van der Waals surface area contributed by atoms with E-state index in [0.717, 1.165) is 0 Å². The second kappa shape index (κ2) is 7.90. The Hall–Kier alpha value is -2.94. The van der Waals surface area contributed by atoms with Crippen LogP contribution in [0.3, 0.4) is 0 Å². The molecule has 0 saturated carbocycles. The SMILES string of the molecule is O=C(Oc1ccccc1C(=O)NCCO[N+](=O)[O-])c1cccs1. The normalized spacial score (nSPS) is 9.91. The Bertz CT molecular complexity index is 701. The van der Waals surface area contributed by atoms with Crippen LogP contribution in [0.1, 0.15) is 20.0 Å². The molecule has 9 heteroatoms. The minimum atomic E-state index is -0.942. The predicted molar refractivity (Wildman–Crippen MR) is 81.0 cm³/mol. The molecule has 0 fully saturated rings. The van der Waals surface area contributed by atoms with Gasteiger partial charge in [-0.3, -0.25) is 4.79 Å². The molecule has 1 aromatic carbocycles. The highest BCUT2D eigenvalue weighted by Crippen LogP contribution is 2.20. The Morgan fingerprint density at radius 1 is 1.22 bits per heavy atom. The lowest BCUT2D eigenvalue weighted by molar-refractivity contribution is -0.757. The van der Waals surface area contributed by atoms with Crippen molar-refractivity contribution in [3.63, 3.8) is 0 Å². The quantitative estimate of drug-likeness (QED) is 0.272. The monoisotopic (exact) mass is 336 g/mol. The number of nitrogens with zero attached hydrogens (tertiary/aromatic N) is 1. The molecule has 0 aliphatic carbocycles. The maximum atomic E-state index is 12.1. The molecule has 2 aromatic rings. The van der Waals surface area contributed by atoms with Crippen molar-refractivity contribution in [2.75, 3.05) is 13.2 Å². The Morgan fingerprint density at radius 2 is 2.00 bits per heavy atom. The molecule has 0 aliphatic heterocycles. The van der Waals surface area contributed by atoms with Crippen molar-refractivity contribution in [1.29, 1.82) is 0 Å². The van der Waals surface area contributed by atoms with E-state index in [2.05, 4.69) is 10.2 Å². The van der Waals surface area contributed by atoms with E-state index >= 15 is 0 Å². The molecule has 1 amide bonds. The van der Waals surface area contributed by atoms with Crippen molar-refractivity contribution in [3.8, 4) is 5.75 Å². The zero-order valence-electron chi connectivity index (χ0n) is 11.8. The minimum Gasteiger partial charge on any atom is -0.421 e. The van der Waals surface area contributed by atoms with Crippen LogP contribution < -0.4 is 10.1 Å². The molecular formula is C14H12N2O6S. The number of carbonyl (C=O) groups excluding carboxylic acids is 2. The first-order valence-corrected chi connectivity index (χ1v) is 7.36. The zero-order valence-corrected chi connectivity index (χ0v) is 12.6. The predicted octanol–water partition coefficient (Wildman–Crippen LogP) is 1.91. The van der Waals surface area contributed by atoms with Gasteiger partial charge in [0.25, 0.3) is 11.0 Å². The van der Waals surface area contributed by atoms with Crippen molar-refractivity contribution in [3.05, 3.63) is 62.3 Å². The van der Waals surface area contributed by atoms with E-state index in [0.29, 0.717) is 4.88 Å². The van der Waals surface area contributed by atoms with Gasteiger partial charge in [0, 0.05) is 6.54 Å². The molecule has 0 atom stereocenters. The molecule has 23 heavy (non-hydrogen) atoms. The number of carbonyl (C=O) groups is 2. The standard InChI is InChI=1S/C14H12N2O6S/c17-13(15-7-8-21-16(19)20)10-4-1-2-5-11(10)22-14(18)12-6-3-9-23-12/h1-6,9H,7-8H2,(H,15,17). The van der Waals surface area contributed by atoms with Gasteiger partial charge in [-0.2, -0.15) is 0 Å². The molecule has 0 radical (unpaired) electrons. The number of ether oxygens (including phenoxy) is 1. The molecular weight excluding hydrogens is 324 g/mol. The fourth-order valence-corrected chi connectivity index (χ4v) is 2.27. The average molecular weight is 336 g/mol. The van der Waals surface area contributed by atoms with Crippen LogP contribution >= 0.6 is 11.3 Å². The van der Waals surface area contributed by atoms with E-state index in [-0.39, 0.29) is 24.5 Å². The molecule has 0 saturated heterocycles. The second-order valence-electron chi connectivity index (χ2n) is 4.18. The third kappa shape index (κ3) is 4.78. The highest BCUT2D eigenvalue weighted by atomic mass is 32.1. The molecule has 8 nitrogen and oxygen atoms in total. The van der Waals surface area contributed by atoms with E-state index in [9.17, 15) is 19.7 Å². The largest absolute Gasteiger partial charge is 0.421 e. The number of hydrogen-bond acceptors (Lipinski definition) is 7. The van der Waals surface area contributed by atoms with Crippen LogP contribution in [0.25, 0.3) is 0 Å². The highest BCUT2D eigenvalue weighted by Gasteiger charge is 2.16. The van der Waals surface area contributed by atoms with Gasteiger partial charge >= 0.3 is 5.97 Å². The molecule has 0 spiro atoms. The molecule has 1 aromatic heterocycles.